The highest BCUT2D eigenvalue weighted by atomic mass is 19.1. The zero-order valence-electron chi connectivity index (χ0n) is 9.91. The van der Waals surface area contributed by atoms with Crippen LogP contribution in [-0.4, -0.2) is 26.2 Å². The Bertz CT molecular complexity index is 336. The molecule has 1 saturated heterocycles. The number of benzene rings is 1. The van der Waals surface area contributed by atoms with Gasteiger partial charge in [0.15, 0.2) is 0 Å². The molecule has 2 nitrogen and oxygen atoms in total. The lowest BCUT2D eigenvalue weighted by molar-refractivity contribution is 0.338. The molecule has 1 aliphatic rings. The fourth-order valence-corrected chi connectivity index (χ4v) is 2.36. The van der Waals surface area contributed by atoms with Gasteiger partial charge >= 0.3 is 0 Å². The van der Waals surface area contributed by atoms with Gasteiger partial charge < -0.3 is 10.2 Å². The Labute approximate surface area is 96.5 Å². The highest BCUT2D eigenvalue weighted by Gasteiger charge is 2.24. The third-order valence-electron chi connectivity index (χ3n) is 3.52. The number of halogens is 1. The van der Waals surface area contributed by atoms with E-state index in [-0.39, 0.29) is 5.82 Å². The van der Waals surface area contributed by atoms with Crippen LogP contribution in [0.25, 0.3) is 0 Å². The average Bonchev–Trinajstić information content (AvgIpc) is 2.30. The van der Waals surface area contributed by atoms with Crippen LogP contribution in [0.5, 0.6) is 0 Å². The maximum atomic E-state index is 12.8. The van der Waals surface area contributed by atoms with E-state index >= 15 is 0 Å². The third kappa shape index (κ3) is 2.35. The van der Waals surface area contributed by atoms with Crippen molar-refractivity contribution in [1.82, 2.24) is 5.32 Å². The van der Waals surface area contributed by atoms with Gasteiger partial charge in [0, 0.05) is 25.3 Å². The Morgan fingerprint density at radius 1 is 1.31 bits per heavy atom. The van der Waals surface area contributed by atoms with Gasteiger partial charge in [-0.1, -0.05) is 6.92 Å². The predicted octanol–water partition coefficient (Wildman–Crippen LogP) is 2.26. The second-order valence-corrected chi connectivity index (χ2v) is 4.62. The van der Waals surface area contributed by atoms with Crippen molar-refractivity contribution in [3.8, 4) is 0 Å². The topological polar surface area (TPSA) is 15.3 Å². The summed E-state index contributed by atoms with van der Waals surface area (Å²) in [4.78, 5) is 2.25. The second kappa shape index (κ2) is 4.83. The Morgan fingerprint density at radius 2 is 2.00 bits per heavy atom. The Kier molecular flexibility index (Phi) is 3.44. The smallest absolute Gasteiger partial charge is 0.123 e. The molecule has 0 aliphatic carbocycles. The number of anilines is 1. The van der Waals surface area contributed by atoms with Crippen LogP contribution in [-0.2, 0) is 0 Å². The van der Waals surface area contributed by atoms with Crippen molar-refractivity contribution in [2.75, 3.05) is 25.0 Å². The van der Waals surface area contributed by atoms with Gasteiger partial charge in [0.25, 0.3) is 0 Å². The monoisotopic (exact) mass is 222 g/mol. The van der Waals surface area contributed by atoms with Crippen LogP contribution in [0.4, 0.5) is 10.1 Å². The molecule has 1 aromatic carbocycles. The number of piperidine rings is 1. The van der Waals surface area contributed by atoms with E-state index in [1.807, 2.05) is 12.1 Å². The first-order valence-corrected chi connectivity index (χ1v) is 5.87. The first-order valence-electron chi connectivity index (χ1n) is 5.87. The Balaban J connectivity index is 2.11. The van der Waals surface area contributed by atoms with Gasteiger partial charge in [0.05, 0.1) is 0 Å². The van der Waals surface area contributed by atoms with Crippen molar-refractivity contribution in [3.63, 3.8) is 0 Å². The number of nitrogens with zero attached hydrogens (tertiary/aromatic N) is 1. The predicted molar refractivity (Wildman–Crippen MR) is 65.2 cm³/mol. The molecule has 2 atom stereocenters. The summed E-state index contributed by atoms with van der Waals surface area (Å²) in [6.07, 6.45) is 1.20. The fourth-order valence-electron chi connectivity index (χ4n) is 2.36. The summed E-state index contributed by atoms with van der Waals surface area (Å²) in [6.45, 7) is 4.40. The number of nitrogens with one attached hydrogen (secondary N) is 1. The SMILES string of the molecule is CC1CCNCC1N(C)c1ccc(F)cc1. The standard InChI is InChI=1S/C13H19FN2/c1-10-7-8-15-9-13(10)16(2)12-5-3-11(14)4-6-12/h3-6,10,13,15H,7-9H2,1-2H3. The molecule has 3 heteroatoms. The van der Waals surface area contributed by atoms with Crippen molar-refractivity contribution in [2.24, 2.45) is 5.92 Å². The minimum absolute atomic E-state index is 0.174. The van der Waals surface area contributed by atoms with E-state index in [0.717, 1.165) is 18.8 Å². The lowest BCUT2D eigenvalue weighted by atomic mass is 9.93. The van der Waals surface area contributed by atoms with Crippen molar-refractivity contribution >= 4 is 5.69 Å². The summed E-state index contributed by atoms with van der Waals surface area (Å²) in [5.41, 5.74) is 1.09. The van der Waals surface area contributed by atoms with E-state index in [9.17, 15) is 4.39 Å². The van der Waals surface area contributed by atoms with Crippen molar-refractivity contribution in [1.29, 1.82) is 0 Å². The van der Waals surface area contributed by atoms with Crippen LogP contribution in [0.1, 0.15) is 13.3 Å². The lowest BCUT2D eigenvalue weighted by Gasteiger charge is -2.38. The minimum atomic E-state index is -0.174. The molecule has 0 spiro atoms. The summed E-state index contributed by atoms with van der Waals surface area (Å²) in [5, 5.41) is 3.41. The molecule has 1 aliphatic heterocycles. The zero-order valence-corrected chi connectivity index (χ0v) is 9.91. The number of hydrogen-bond acceptors (Lipinski definition) is 2. The van der Waals surface area contributed by atoms with Crippen LogP contribution in [0.2, 0.25) is 0 Å². The summed E-state index contributed by atoms with van der Waals surface area (Å²) < 4.78 is 12.8. The molecule has 2 unspecified atom stereocenters. The van der Waals surface area contributed by atoms with E-state index in [1.165, 1.54) is 18.6 Å². The Hall–Kier alpha value is -1.09. The quantitative estimate of drug-likeness (QED) is 0.825. The van der Waals surface area contributed by atoms with Crippen molar-refractivity contribution in [2.45, 2.75) is 19.4 Å². The second-order valence-electron chi connectivity index (χ2n) is 4.62. The molecule has 1 N–H and O–H groups in total. The third-order valence-corrected chi connectivity index (χ3v) is 3.52. The van der Waals surface area contributed by atoms with Crippen molar-refractivity contribution < 1.29 is 4.39 Å². The molecule has 1 heterocycles. The van der Waals surface area contributed by atoms with E-state index in [4.69, 9.17) is 0 Å². The van der Waals surface area contributed by atoms with Gasteiger partial charge in [-0.2, -0.15) is 0 Å². The average molecular weight is 222 g/mol. The number of likely N-dealkylation sites (N-methyl/N-ethyl adjacent to an activating group) is 1. The molecular formula is C13H19FN2. The molecule has 0 amide bonds. The molecule has 0 saturated carbocycles. The van der Waals surface area contributed by atoms with E-state index in [1.54, 1.807) is 0 Å². The molecular weight excluding hydrogens is 203 g/mol. The highest BCUT2D eigenvalue weighted by molar-refractivity contribution is 5.46. The van der Waals surface area contributed by atoms with E-state index < -0.39 is 0 Å². The summed E-state index contributed by atoms with van der Waals surface area (Å²) >= 11 is 0. The minimum Gasteiger partial charge on any atom is -0.370 e. The normalized spacial score (nSPS) is 25.4. The first kappa shape index (κ1) is 11.4. The summed E-state index contributed by atoms with van der Waals surface area (Å²) in [7, 11) is 2.08. The van der Waals surface area contributed by atoms with Crippen molar-refractivity contribution in [3.05, 3.63) is 30.1 Å². The van der Waals surface area contributed by atoms with Crippen LogP contribution < -0.4 is 10.2 Å². The molecule has 0 radical (unpaired) electrons. The Morgan fingerprint density at radius 3 is 2.62 bits per heavy atom. The molecule has 88 valence electrons. The van der Waals surface area contributed by atoms with Crippen LogP contribution >= 0.6 is 0 Å². The molecule has 1 fully saturated rings. The lowest BCUT2D eigenvalue weighted by Crippen LogP contribution is -2.49. The van der Waals surface area contributed by atoms with Crippen LogP contribution in [0.3, 0.4) is 0 Å². The number of rotatable bonds is 2. The van der Waals surface area contributed by atoms with Crippen LogP contribution in [0.15, 0.2) is 24.3 Å². The largest absolute Gasteiger partial charge is 0.370 e. The van der Waals surface area contributed by atoms with Gasteiger partial charge in [-0.3, -0.25) is 0 Å². The van der Waals surface area contributed by atoms with E-state index in [0.29, 0.717) is 12.0 Å². The summed E-state index contributed by atoms with van der Waals surface area (Å²) in [5.74, 6) is 0.503. The zero-order chi connectivity index (χ0) is 11.5. The van der Waals surface area contributed by atoms with Gasteiger partial charge in [-0.05, 0) is 43.1 Å². The van der Waals surface area contributed by atoms with Gasteiger partial charge in [0.1, 0.15) is 5.82 Å². The molecule has 16 heavy (non-hydrogen) atoms. The van der Waals surface area contributed by atoms with Gasteiger partial charge in [0.2, 0.25) is 0 Å². The van der Waals surface area contributed by atoms with Crippen LogP contribution in [0, 0.1) is 11.7 Å². The maximum absolute atomic E-state index is 12.8. The molecule has 1 aromatic rings. The molecule has 2 rings (SSSR count). The number of hydrogen-bond donors (Lipinski definition) is 1. The van der Waals surface area contributed by atoms with Gasteiger partial charge in [-0.25, -0.2) is 4.39 Å². The fraction of sp³-hybridized carbons (Fsp3) is 0.538. The first-order chi connectivity index (χ1) is 7.68. The highest BCUT2D eigenvalue weighted by Crippen LogP contribution is 2.22. The van der Waals surface area contributed by atoms with Gasteiger partial charge in [-0.15, -0.1) is 0 Å². The maximum Gasteiger partial charge on any atom is 0.123 e. The molecule has 0 aromatic heterocycles. The van der Waals surface area contributed by atoms with E-state index in [2.05, 4.69) is 24.2 Å². The summed E-state index contributed by atoms with van der Waals surface area (Å²) in [6, 6.07) is 7.23. The molecule has 0 bridgehead atoms.